The molecule has 1 aliphatic rings. The van der Waals surface area contributed by atoms with Crippen LogP contribution in [-0.2, 0) is 0 Å². The standard InChI is InChI=1S/C18H17ClF2N4/c1-4-12(5-2)9-22-15-10-23-18(16(20)21)25-17(15)24-14-8-6-7-13(19)11(14)3/h4-9,16H,1-2,10H2,3H3,(H,23,24,25). The highest BCUT2D eigenvalue weighted by atomic mass is 35.5. The van der Waals surface area contributed by atoms with Crippen LogP contribution in [-0.4, -0.2) is 30.4 Å². The molecule has 0 fully saturated rings. The van der Waals surface area contributed by atoms with Gasteiger partial charge < -0.3 is 5.32 Å². The van der Waals surface area contributed by atoms with Crippen molar-refractivity contribution < 1.29 is 8.78 Å². The highest BCUT2D eigenvalue weighted by Gasteiger charge is 2.22. The first-order valence-electron chi connectivity index (χ1n) is 7.41. The van der Waals surface area contributed by atoms with E-state index in [0.717, 1.165) is 5.56 Å². The second-order valence-corrected chi connectivity index (χ2v) is 5.49. The zero-order chi connectivity index (χ0) is 18.4. The highest BCUT2D eigenvalue weighted by Crippen LogP contribution is 2.23. The third-order valence-corrected chi connectivity index (χ3v) is 3.86. The Labute approximate surface area is 150 Å². The molecule has 1 aromatic carbocycles. The van der Waals surface area contributed by atoms with E-state index in [2.05, 4.69) is 33.5 Å². The van der Waals surface area contributed by atoms with E-state index in [0.29, 0.717) is 22.0 Å². The number of rotatable bonds is 5. The summed E-state index contributed by atoms with van der Waals surface area (Å²) in [6.07, 6.45) is 1.93. The maximum Gasteiger partial charge on any atom is 0.297 e. The van der Waals surface area contributed by atoms with E-state index in [-0.39, 0.29) is 12.4 Å². The van der Waals surface area contributed by atoms with Crippen LogP contribution < -0.4 is 5.32 Å². The van der Waals surface area contributed by atoms with Gasteiger partial charge >= 0.3 is 0 Å². The highest BCUT2D eigenvalue weighted by molar-refractivity contribution is 6.49. The number of allylic oxidation sites excluding steroid dienone is 3. The Morgan fingerprint density at radius 2 is 2.08 bits per heavy atom. The number of hydrogen-bond donors (Lipinski definition) is 1. The minimum atomic E-state index is -2.76. The second kappa shape index (κ2) is 8.48. The summed E-state index contributed by atoms with van der Waals surface area (Å²) in [5, 5.41) is 3.58. The third kappa shape index (κ3) is 4.70. The number of nitrogens with zero attached hydrogens (tertiary/aromatic N) is 3. The fourth-order valence-electron chi connectivity index (χ4n) is 1.98. The molecule has 2 rings (SSSR count). The molecule has 7 heteroatoms. The fraction of sp³-hybridized carbons (Fsp3) is 0.167. The van der Waals surface area contributed by atoms with E-state index in [9.17, 15) is 8.78 Å². The fourth-order valence-corrected chi connectivity index (χ4v) is 2.15. The molecule has 0 aromatic heterocycles. The summed E-state index contributed by atoms with van der Waals surface area (Å²) in [5.41, 5.74) is 2.55. The van der Waals surface area contributed by atoms with Crippen LogP contribution in [0.2, 0.25) is 5.02 Å². The maximum absolute atomic E-state index is 13.0. The number of hydrogen-bond acceptors (Lipinski definition) is 4. The minimum absolute atomic E-state index is 0.0107. The Morgan fingerprint density at radius 1 is 1.36 bits per heavy atom. The summed E-state index contributed by atoms with van der Waals surface area (Å²) in [6, 6.07) is 5.28. The van der Waals surface area contributed by atoms with Crippen LogP contribution >= 0.6 is 11.6 Å². The summed E-state index contributed by atoms with van der Waals surface area (Å²) in [5.74, 6) is -0.322. The molecule has 0 atom stereocenters. The topological polar surface area (TPSA) is 49.1 Å². The van der Waals surface area contributed by atoms with Crippen molar-refractivity contribution in [2.45, 2.75) is 13.3 Å². The number of nitrogens with one attached hydrogen (secondary N) is 1. The van der Waals surface area contributed by atoms with Crippen molar-refractivity contribution >= 4 is 34.7 Å². The number of aliphatic imine (C=N–C) groups is 3. The van der Waals surface area contributed by atoms with Gasteiger partial charge in [0.2, 0.25) is 0 Å². The smallest absolute Gasteiger partial charge is 0.297 e. The van der Waals surface area contributed by atoms with Crippen LogP contribution in [0.5, 0.6) is 0 Å². The molecule has 0 unspecified atom stereocenters. The molecule has 1 N–H and O–H groups in total. The molecule has 25 heavy (non-hydrogen) atoms. The Kier molecular flexibility index (Phi) is 6.36. The molecule has 0 saturated heterocycles. The van der Waals surface area contributed by atoms with Crippen molar-refractivity contribution in [3.05, 3.63) is 65.9 Å². The monoisotopic (exact) mass is 362 g/mol. The molecule has 0 aliphatic carbocycles. The summed E-state index contributed by atoms with van der Waals surface area (Å²) >= 11 is 6.10. The van der Waals surface area contributed by atoms with Crippen molar-refractivity contribution in [3.8, 4) is 0 Å². The van der Waals surface area contributed by atoms with Crippen molar-refractivity contribution in [3.63, 3.8) is 0 Å². The second-order valence-electron chi connectivity index (χ2n) is 5.09. The molecule has 130 valence electrons. The Bertz CT molecular complexity index is 797. The number of halogens is 3. The molecule has 0 spiro atoms. The average Bonchev–Trinajstić information content (AvgIpc) is 2.60. The molecule has 0 saturated carbocycles. The van der Waals surface area contributed by atoms with Crippen molar-refractivity contribution in [1.29, 1.82) is 0 Å². The van der Waals surface area contributed by atoms with Gasteiger partial charge in [-0.1, -0.05) is 43.0 Å². The van der Waals surface area contributed by atoms with Gasteiger partial charge in [0, 0.05) is 16.9 Å². The van der Waals surface area contributed by atoms with Crippen LogP contribution in [0.1, 0.15) is 5.56 Å². The molecular weight excluding hydrogens is 346 g/mol. The number of anilines is 1. The Hall–Kier alpha value is -2.60. The third-order valence-electron chi connectivity index (χ3n) is 3.45. The SMILES string of the molecule is C=CC(C=C)=CN=C1CN=C(C(F)F)N=C1Nc1cccc(Cl)c1C. The average molecular weight is 363 g/mol. The van der Waals surface area contributed by atoms with Crippen molar-refractivity contribution in [1.82, 2.24) is 0 Å². The molecular formula is C18H17ClF2N4. The first-order chi connectivity index (χ1) is 12.0. The van der Waals surface area contributed by atoms with E-state index >= 15 is 0 Å². The van der Waals surface area contributed by atoms with Gasteiger partial charge in [0.05, 0.1) is 6.54 Å². The largest absolute Gasteiger partial charge is 0.338 e. The lowest BCUT2D eigenvalue weighted by Crippen LogP contribution is -2.32. The molecule has 4 nitrogen and oxygen atoms in total. The first kappa shape index (κ1) is 18.7. The van der Waals surface area contributed by atoms with Gasteiger partial charge in [-0.2, -0.15) is 0 Å². The molecule has 0 radical (unpaired) electrons. The van der Waals surface area contributed by atoms with Gasteiger partial charge in [0.15, 0.2) is 11.7 Å². The van der Waals surface area contributed by atoms with Gasteiger partial charge in [-0.15, -0.1) is 0 Å². The van der Waals surface area contributed by atoms with Gasteiger partial charge in [0.1, 0.15) is 5.71 Å². The van der Waals surface area contributed by atoms with Crippen LogP contribution in [0.3, 0.4) is 0 Å². The molecule has 1 aromatic rings. The normalized spacial score (nSPS) is 15.5. The first-order valence-corrected chi connectivity index (χ1v) is 7.79. The van der Waals surface area contributed by atoms with Gasteiger partial charge in [-0.05, 0) is 30.2 Å². The minimum Gasteiger partial charge on any atom is -0.338 e. The maximum atomic E-state index is 13.0. The van der Waals surface area contributed by atoms with E-state index in [1.165, 1.54) is 6.20 Å². The van der Waals surface area contributed by atoms with E-state index in [1.54, 1.807) is 30.4 Å². The quantitative estimate of drug-likeness (QED) is 0.749. The van der Waals surface area contributed by atoms with E-state index < -0.39 is 12.3 Å². The molecule has 0 amide bonds. The molecule has 1 aliphatic heterocycles. The van der Waals surface area contributed by atoms with Crippen LogP contribution in [0, 0.1) is 6.92 Å². The summed E-state index contributed by atoms with van der Waals surface area (Å²) in [7, 11) is 0. The summed E-state index contributed by atoms with van der Waals surface area (Å²) in [4.78, 5) is 12.0. The Morgan fingerprint density at radius 3 is 2.72 bits per heavy atom. The van der Waals surface area contributed by atoms with Gasteiger partial charge in [-0.25, -0.2) is 13.8 Å². The Balaban J connectivity index is 2.41. The van der Waals surface area contributed by atoms with E-state index in [4.69, 9.17) is 11.6 Å². The predicted molar refractivity (Wildman–Crippen MR) is 101 cm³/mol. The van der Waals surface area contributed by atoms with Crippen molar-refractivity contribution in [2.24, 2.45) is 15.0 Å². The van der Waals surface area contributed by atoms with Crippen LogP contribution in [0.25, 0.3) is 0 Å². The van der Waals surface area contributed by atoms with Gasteiger partial charge in [-0.3, -0.25) is 9.98 Å². The number of alkyl halides is 2. The van der Waals surface area contributed by atoms with Crippen LogP contribution in [0.15, 0.2) is 70.3 Å². The lowest BCUT2D eigenvalue weighted by atomic mass is 10.2. The zero-order valence-corrected chi connectivity index (χ0v) is 14.4. The lowest BCUT2D eigenvalue weighted by Gasteiger charge is -2.17. The van der Waals surface area contributed by atoms with E-state index in [1.807, 2.05) is 6.92 Å². The zero-order valence-electron chi connectivity index (χ0n) is 13.6. The summed E-state index contributed by atoms with van der Waals surface area (Å²) in [6.45, 7) is 9.09. The number of amidine groups is 2. The number of benzene rings is 1. The van der Waals surface area contributed by atoms with Crippen molar-refractivity contribution in [2.75, 3.05) is 11.9 Å². The molecule has 0 bridgehead atoms. The van der Waals surface area contributed by atoms with Gasteiger partial charge in [0.25, 0.3) is 6.43 Å². The molecule has 1 heterocycles. The van der Waals surface area contributed by atoms with Crippen LogP contribution in [0.4, 0.5) is 14.5 Å². The lowest BCUT2D eigenvalue weighted by molar-refractivity contribution is 0.224. The predicted octanol–water partition coefficient (Wildman–Crippen LogP) is 4.83. The summed E-state index contributed by atoms with van der Waals surface area (Å²) < 4.78 is 25.9.